The van der Waals surface area contributed by atoms with Crippen LogP contribution in [0.1, 0.15) is 0 Å². The van der Waals surface area contributed by atoms with Crippen LogP contribution in [0.25, 0.3) is 0 Å². The molecule has 0 radical (unpaired) electrons. The van der Waals surface area contributed by atoms with Crippen molar-refractivity contribution in [3.63, 3.8) is 0 Å². The largest absolute Gasteiger partial charge is 0.493 e. The number of rotatable bonds is 9. The Morgan fingerprint density at radius 3 is 1.91 bits per heavy atom. The molecule has 23 heavy (non-hydrogen) atoms. The van der Waals surface area contributed by atoms with Gasteiger partial charge < -0.3 is 34.2 Å². The van der Waals surface area contributed by atoms with E-state index in [1.807, 2.05) is 0 Å². The second-order valence-electron chi connectivity index (χ2n) is 5.17. The first-order valence-corrected chi connectivity index (χ1v) is 7.59. The lowest BCUT2D eigenvalue weighted by Crippen LogP contribution is -2.10. The minimum absolute atomic E-state index is 0.358. The molecular weight excluding hydrogens is 302 g/mol. The highest BCUT2D eigenvalue weighted by Crippen LogP contribution is 2.28. The summed E-state index contributed by atoms with van der Waals surface area (Å²) in [4.78, 5) is 0. The van der Waals surface area contributed by atoms with Crippen molar-refractivity contribution in [3.05, 3.63) is 18.2 Å². The molecule has 2 aliphatic rings. The van der Waals surface area contributed by atoms with Crippen LogP contribution in [0.3, 0.4) is 0 Å². The van der Waals surface area contributed by atoms with E-state index in [9.17, 15) is 0 Å². The highest BCUT2D eigenvalue weighted by molar-refractivity contribution is 5.51. The zero-order valence-corrected chi connectivity index (χ0v) is 13.7. The van der Waals surface area contributed by atoms with Gasteiger partial charge in [0.25, 0.3) is 0 Å². The van der Waals surface area contributed by atoms with Crippen molar-refractivity contribution in [2.45, 2.75) is 12.2 Å². The Hall–Kier alpha value is -1.54. The van der Waals surface area contributed by atoms with Crippen molar-refractivity contribution in [1.82, 2.24) is 0 Å². The van der Waals surface area contributed by atoms with Crippen LogP contribution in [-0.4, -0.2) is 66.1 Å². The third kappa shape index (κ3) is 7.51. The molecule has 1 aromatic rings. The summed E-state index contributed by atoms with van der Waals surface area (Å²) in [6, 6.07) is 5.26. The molecule has 2 aliphatic heterocycles. The first-order valence-electron chi connectivity index (χ1n) is 7.59. The summed E-state index contributed by atoms with van der Waals surface area (Å²) in [5.41, 5.74) is 6.19. The monoisotopic (exact) mass is 327 g/mol. The Morgan fingerprint density at radius 1 is 0.957 bits per heavy atom. The lowest BCUT2D eigenvalue weighted by atomic mass is 10.3. The molecule has 2 heterocycles. The van der Waals surface area contributed by atoms with Crippen molar-refractivity contribution >= 4 is 5.69 Å². The number of benzene rings is 1. The fraction of sp³-hybridized carbons (Fsp3) is 0.625. The zero-order valence-electron chi connectivity index (χ0n) is 13.7. The SMILES string of the molecule is C(COCC1CO1)OCC1CO1.COc1ccc(N)cc1OC. The van der Waals surface area contributed by atoms with Crippen LogP contribution in [-0.2, 0) is 18.9 Å². The fourth-order valence-electron chi connectivity index (χ4n) is 1.73. The van der Waals surface area contributed by atoms with Gasteiger partial charge in [-0.2, -0.15) is 0 Å². The van der Waals surface area contributed by atoms with Crippen LogP contribution in [0.15, 0.2) is 18.2 Å². The molecule has 7 heteroatoms. The maximum absolute atomic E-state index is 5.52. The van der Waals surface area contributed by atoms with Crippen LogP contribution >= 0.6 is 0 Å². The van der Waals surface area contributed by atoms with Crippen molar-refractivity contribution in [3.8, 4) is 11.5 Å². The first kappa shape index (κ1) is 17.8. The molecule has 2 unspecified atom stereocenters. The summed E-state index contributed by atoms with van der Waals surface area (Å²) in [6.45, 7) is 4.46. The molecule has 2 atom stereocenters. The quantitative estimate of drug-likeness (QED) is 0.413. The van der Waals surface area contributed by atoms with Crippen LogP contribution in [0.5, 0.6) is 11.5 Å². The number of anilines is 1. The van der Waals surface area contributed by atoms with Gasteiger partial charge in [0.15, 0.2) is 11.5 Å². The van der Waals surface area contributed by atoms with Gasteiger partial charge in [0.1, 0.15) is 12.2 Å². The van der Waals surface area contributed by atoms with E-state index in [4.69, 9.17) is 34.2 Å². The summed E-state index contributed by atoms with van der Waals surface area (Å²) < 4.78 is 30.5. The van der Waals surface area contributed by atoms with Gasteiger partial charge in [0, 0.05) is 11.8 Å². The Labute approximate surface area is 136 Å². The standard InChI is InChI=1S/C8H11NO2.C8H14O4/c1-10-7-4-3-6(9)5-8(7)11-2;1(9-3-7-5-11-7)2-10-4-8-6-12-8/h3-5H,9H2,1-2H3;7-8H,1-6H2. The highest BCUT2D eigenvalue weighted by atomic mass is 16.6. The maximum Gasteiger partial charge on any atom is 0.162 e. The number of nitrogens with two attached hydrogens (primary N) is 1. The predicted octanol–water partition coefficient (Wildman–Crippen LogP) is 1.10. The van der Waals surface area contributed by atoms with E-state index in [1.54, 1.807) is 32.4 Å². The lowest BCUT2D eigenvalue weighted by molar-refractivity contribution is 0.0366. The average molecular weight is 327 g/mol. The van der Waals surface area contributed by atoms with Crippen LogP contribution in [0.4, 0.5) is 5.69 Å². The lowest BCUT2D eigenvalue weighted by Gasteiger charge is -2.06. The normalized spacial score (nSPS) is 21.1. The summed E-state index contributed by atoms with van der Waals surface area (Å²) in [7, 11) is 3.17. The summed E-state index contributed by atoms with van der Waals surface area (Å²) >= 11 is 0. The van der Waals surface area contributed by atoms with Gasteiger partial charge in [-0.15, -0.1) is 0 Å². The van der Waals surface area contributed by atoms with Crippen LogP contribution in [0.2, 0.25) is 0 Å². The van der Waals surface area contributed by atoms with Gasteiger partial charge >= 0.3 is 0 Å². The fourth-order valence-corrected chi connectivity index (χ4v) is 1.73. The molecule has 0 aliphatic carbocycles. The molecule has 0 spiro atoms. The molecule has 0 amide bonds. The molecule has 2 fully saturated rings. The van der Waals surface area contributed by atoms with E-state index in [-0.39, 0.29) is 0 Å². The van der Waals surface area contributed by atoms with Gasteiger partial charge in [-0.05, 0) is 12.1 Å². The van der Waals surface area contributed by atoms with E-state index in [0.717, 1.165) is 13.2 Å². The van der Waals surface area contributed by atoms with Crippen molar-refractivity contribution < 1.29 is 28.4 Å². The van der Waals surface area contributed by atoms with Gasteiger partial charge in [0.2, 0.25) is 0 Å². The van der Waals surface area contributed by atoms with E-state index in [0.29, 0.717) is 55.8 Å². The van der Waals surface area contributed by atoms with E-state index in [1.165, 1.54) is 0 Å². The number of hydrogen-bond acceptors (Lipinski definition) is 7. The van der Waals surface area contributed by atoms with Gasteiger partial charge in [-0.25, -0.2) is 0 Å². The minimum atomic E-state index is 0.358. The predicted molar refractivity (Wildman–Crippen MR) is 85.1 cm³/mol. The molecule has 7 nitrogen and oxygen atoms in total. The third-order valence-electron chi connectivity index (χ3n) is 3.19. The molecule has 1 aromatic carbocycles. The second kappa shape index (κ2) is 9.57. The molecule has 2 saturated heterocycles. The van der Waals surface area contributed by atoms with E-state index in [2.05, 4.69) is 0 Å². The van der Waals surface area contributed by atoms with Crippen LogP contribution < -0.4 is 15.2 Å². The van der Waals surface area contributed by atoms with Crippen molar-refractivity contribution in [2.24, 2.45) is 0 Å². The van der Waals surface area contributed by atoms with Crippen molar-refractivity contribution in [2.75, 3.05) is 59.6 Å². The highest BCUT2D eigenvalue weighted by Gasteiger charge is 2.23. The summed E-state index contributed by atoms with van der Waals surface area (Å²) in [6.07, 6.45) is 0.716. The molecular formula is C16H25NO6. The van der Waals surface area contributed by atoms with Gasteiger partial charge in [-0.3, -0.25) is 0 Å². The van der Waals surface area contributed by atoms with Gasteiger partial charge in [-0.1, -0.05) is 0 Å². The Balaban J connectivity index is 0.000000168. The van der Waals surface area contributed by atoms with Crippen molar-refractivity contribution in [1.29, 1.82) is 0 Å². The number of methoxy groups -OCH3 is 2. The number of hydrogen-bond donors (Lipinski definition) is 1. The number of nitrogen functional groups attached to an aromatic ring is 1. The first-order chi connectivity index (χ1) is 11.2. The molecule has 0 saturated carbocycles. The van der Waals surface area contributed by atoms with E-state index < -0.39 is 0 Å². The molecule has 130 valence electrons. The molecule has 3 rings (SSSR count). The molecule has 0 aromatic heterocycles. The van der Waals surface area contributed by atoms with Gasteiger partial charge in [0.05, 0.1) is 53.9 Å². The zero-order chi connectivity index (χ0) is 16.5. The van der Waals surface area contributed by atoms with Crippen LogP contribution in [0, 0.1) is 0 Å². The Kier molecular flexibility index (Phi) is 7.41. The summed E-state index contributed by atoms with van der Waals surface area (Å²) in [5, 5.41) is 0. The summed E-state index contributed by atoms with van der Waals surface area (Å²) in [5.74, 6) is 1.36. The minimum Gasteiger partial charge on any atom is -0.493 e. The number of ether oxygens (including phenoxy) is 6. The third-order valence-corrected chi connectivity index (χ3v) is 3.19. The Morgan fingerprint density at radius 2 is 1.48 bits per heavy atom. The van der Waals surface area contributed by atoms with E-state index >= 15 is 0 Å². The average Bonchev–Trinajstić information content (AvgIpc) is 3.46. The smallest absolute Gasteiger partial charge is 0.162 e. The molecule has 0 bridgehead atoms. The second-order valence-corrected chi connectivity index (χ2v) is 5.17. The maximum atomic E-state index is 5.52. The Bertz CT molecular complexity index is 446. The number of epoxide rings is 2. The topological polar surface area (TPSA) is 88.0 Å². The molecule has 2 N–H and O–H groups in total.